The zero-order chi connectivity index (χ0) is 14.1. The summed E-state index contributed by atoms with van der Waals surface area (Å²) in [7, 11) is 0. The zero-order valence-electron chi connectivity index (χ0n) is 13.8. The minimum atomic E-state index is 0.757. The number of hydrogen-bond donors (Lipinski definition) is 1. The predicted molar refractivity (Wildman–Crippen MR) is 85.8 cm³/mol. The number of rotatable bonds is 5. The van der Waals surface area contributed by atoms with E-state index in [9.17, 15) is 0 Å². The maximum Gasteiger partial charge on any atom is 0.0198 e. The van der Waals surface area contributed by atoms with Crippen LogP contribution in [0.2, 0.25) is 0 Å². The van der Waals surface area contributed by atoms with E-state index in [-0.39, 0.29) is 0 Å². The molecule has 3 fully saturated rings. The molecule has 1 N–H and O–H groups in total. The molecule has 2 nitrogen and oxygen atoms in total. The van der Waals surface area contributed by atoms with Crippen LogP contribution >= 0.6 is 0 Å². The van der Waals surface area contributed by atoms with Crippen molar-refractivity contribution >= 4 is 0 Å². The van der Waals surface area contributed by atoms with Crippen LogP contribution in [0.4, 0.5) is 0 Å². The lowest BCUT2D eigenvalue weighted by Gasteiger charge is -2.48. The highest BCUT2D eigenvalue weighted by molar-refractivity contribution is 4.93. The molecule has 1 saturated heterocycles. The van der Waals surface area contributed by atoms with E-state index in [1.807, 2.05) is 0 Å². The van der Waals surface area contributed by atoms with Crippen molar-refractivity contribution in [2.24, 2.45) is 23.7 Å². The Labute approximate surface area is 125 Å². The molecule has 1 aliphatic heterocycles. The molecule has 0 spiro atoms. The fourth-order valence-corrected chi connectivity index (χ4v) is 4.29. The van der Waals surface area contributed by atoms with Crippen LogP contribution in [0, 0.1) is 23.7 Å². The first kappa shape index (κ1) is 14.8. The van der Waals surface area contributed by atoms with Gasteiger partial charge in [-0.3, -0.25) is 4.90 Å². The molecule has 0 aromatic rings. The Morgan fingerprint density at radius 2 is 1.85 bits per heavy atom. The average molecular weight is 278 g/mol. The maximum absolute atomic E-state index is 3.91. The third-order valence-corrected chi connectivity index (χ3v) is 6.24. The topological polar surface area (TPSA) is 15.3 Å². The van der Waals surface area contributed by atoms with Crippen molar-refractivity contribution in [3.63, 3.8) is 0 Å². The van der Waals surface area contributed by atoms with E-state index >= 15 is 0 Å². The lowest BCUT2D eigenvalue weighted by atomic mass is 9.77. The Balaban J connectivity index is 1.52. The normalized spacial score (nSPS) is 39.6. The summed E-state index contributed by atoms with van der Waals surface area (Å²) in [4.78, 5) is 2.83. The van der Waals surface area contributed by atoms with Gasteiger partial charge in [-0.25, -0.2) is 0 Å². The average Bonchev–Trinajstić information content (AvgIpc) is 2.32. The number of likely N-dealkylation sites (tertiary alicyclic amines) is 1. The number of hydrogen-bond acceptors (Lipinski definition) is 2. The second-order valence-electron chi connectivity index (χ2n) is 8.33. The molecule has 3 rings (SSSR count). The summed E-state index contributed by atoms with van der Waals surface area (Å²) >= 11 is 0. The third-order valence-electron chi connectivity index (χ3n) is 6.24. The highest BCUT2D eigenvalue weighted by atomic mass is 15.2. The molecule has 2 heteroatoms. The number of piperidine rings is 1. The monoisotopic (exact) mass is 278 g/mol. The molecule has 1 heterocycles. The summed E-state index contributed by atoms with van der Waals surface area (Å²) in [6, 6.07) is 1.66. The van der Waals surface area contributed by atoms with Crippen molar-refractivity contribution in [2.75, 3.05) is 19.6 Å². The van der Waals surface area contributed by atoms with Crippen LogP contribution < -0.4 is 5.32 Å². The van der Waals surface area contributed by atoms with Crippen LogP contribution in [0.25, 0.3) is 0 Å². The van der Waals surface area contributed by atoms with Gasteiger partial charge in [0.25, 0.3) is 0 Å². The molecule has 0 radical (unpaired) electrons. The summed E-state index contributed by atoms with van der Waals surface area (Å²) < 4.78 is 0. The Kier molecular flexibility index (Phi) is 4.72. The van der Waals surface area contributed by atoms with E-state index in [1.54, 1.807) is 0 Å². The molecule has 2 saturated carbocycles. The van der Waals surface area contributed by atoms with Gasteiger partial charge in [0.1, 0.15) is 0 Å². The van der Waals surface area contributed by atoms with Gasteiger partial charge >= 0.3 is 0 Å². The summed E-state index contributed by atoms with van der Waals surface area (Å²) in [6.07, 6.45) is 8.70. The fraction of sp³-hybridized carbons (Fsp3) is 1.00. The molecular weight excluding hydrogens is 244 g/mol. The molecule has 3 aliphatic rings. The lowest BCUT2D eigenvalue weighted by molar-refractivity contribution is 0.0220. The van der Waals surface area contributed by atoms with Crippen molar-refractivity contribution in [3.05, 3.63) is 0 Å². The van der Waals surface area contributed by atoms with Crippen molar-refractivity contribution in [3.8, 4) is 0 Å². The van der Waals surface area contributed by atoms with Crippen LogP contribution in [-0.4, -0.2) is 36.6 Å². The Hall–Kier alpha value is -0.0800. The first-order chi connectivity index (χ1) is 9.61. The largest absolute Gasteiger partial charge is 0.312 e. The van der Waals surface area contributed by atoms with Crippen molar-refractivity contribution in [1.29, 1.82) is 0 Å². The van der Waals surface area contributed by atoms with E-state index in [1.165, 1.54) is 58.2 Å². The van der Waals surface area contributed by atoms with E-state index in [0.717, 1.165) is 35.8 Å². The van der Waals surface area contributed by atoms with Crippen LogP contribution in [0.5, 0.6) is 0 Å². The van der Waals surface area contributed by atoms with Crippen molar-refractivity contribution in [2.45, 2.75) is 71.4 Å². The molecule has 0 amide bonds. The fourth-order valence-electron chi connectivity index (χ4n) is 4.29. The highest BCUT2D eigenvalue weighted by Crippen LogP contribution is 2.35. The van der Waals surface area contributed by atoms with Gasteiger partial charge in [-0.1, -0.05) is 27.2 Å². The van der Waals surface area contributed by atoms with Crippen LogP contribution in [0.3, 0.4) is 0 Å². The highest BCUT2D eigenvalue weighted by Gasteiger charge is 2.37. The van der Waals surface area contributed by atoms with Gasteiger partial charge in [0.2, 0.25) is 0 Å². The molecule has 0 bridgehead atoms. The first-order valence-electron chi connectivity index (χ1n) is 9.09. The summed E-state index contributed by atoms with van der Waals surface area (Å²) in [5.41, 5.74) is 0. The standard InChI is InChI=1S/C18H34N2/c1-13(2)16-9-17(19-10-15-5-4-6-15)12-20(11-16)18-7-14(3)8-18/h13-19H,4-12H2,1-3H3. The van der Waals surface area contributed by atoms with Gasteiger partial charge in [0.15, 0.2) is 0 Å². The second kappa shape index (κ2) is 6.36. The first-order valence-corrected chi connectivity index (χ1v) is 9.09. The van der Waals surface area contributed by atoms with Crippen LogP contribution in [0.15, 0.2) is 0 Å². The summed E-state index contributed by atoms with van der Waals surface area (Å²) in [5.74, 6) is 3.70. The SMILES string of the molecule is CC1CC(N2CC(NCC3CCC3)CC(C(C)C)C2)C1. The van der Waals surface area contributed by atoms with Gasteiger partial charge in [-0.15, -0.1) is 0 Å². The van der Waals surface area contributed by atoms with Crippen LogP contribution in [0.1, 0.15) is 59.3 Å². The second-order valence-corrected chi connectivity index (χ2v) is 8.33. The van der Waals surface area contributed by atoms with Gasteiger partial charge in [-0.05, 0) is 62.3 Å². The van der Waals surface area contributed by atoms with E-state index in [4.69, 9.17) is 0 Å². The summed E-state index contributed by atoms with van der Waals surface area (Å²) in [5, 5.41) is 3.91. The number of nitrogens with one attached hydrogen (secondary N) is 1. The minimum absolute atomic E-state index is 0.757. The summed E-state index contributed by atoms with van der Waals surface area (Å²) in [6.45, 7) is 11.2. The third kappa shape index (κ3) is 3.39. The van der Waals surface area contributed by atoms with E-state index < -0.39 is 0 Å². The molecule has 2 atom stereocenters. The lowest BCUT2D eigenvalue weighted by Crippen LogP contribution is -2.56. The molecule has 20 heavy (non-hydrogen) atoms. The van der Waals surface area contributed by atoms with Gasteiger partial charge in [0, 0.05) is 25.2 Å². The molecule has 116 valence electrons. The van der Waals surface area contributed by atoms with Crippen molar-refractivity contribution in [1.82, 2.24) is 10.2 Å². The predicted octanol–water partition coefficient (Wildman–Crippen LogP) is 3.52. The van der Waals surface area contributed by atoms with E-state index in [2.05, 4.69) is 31.0 Å². The Morgan fingerprint density at radius 1 is 1.10 bits per heavy atom. The van der Waals surface area contributed by atoms with Crippen molar-refractivity contribution < 1.29 is 0 Å². The maximum atomic E-state index is 3.91. The molecule has 2 unspecified atom stereocenters. The smallest absolute Gasteiger partial charge is 0.0198 e. The van der Waals surface area contributed by atoms with Gasteiger partial charge in [-0.2, -0.15) is 0 Å². The van der Waals surface area contributed by atoms with E-state index in [0.29, 0.717) is 0 Å². The molecule has 2 aliphatic carbocycles. The molecule has 0 aromatic heterocycles. The van der Waals surface area contributed by atoms with Crippen LogP contribution in [-0.2, 0) is 0 Å². The minimum Gasteiger partial charge on any atom is -0.312 e. The quantitative estimate of drug-likeness (QED) is 0.828. The van der Waals surface area contributed by atoms with Gasteiger partial charge < -0.3 is 5.32 Å². The Bertz CT molecular complexity index is 305. The molecule has 0 aromatic carbocycles. The Morgan fingerprint density at radius 3 is 2.40 bits per heavy atom. The zero-order valence-corrected chi connectivity index (χ0v) is 13.8. The molecular formula is C18H34N2. The number of nitrogens with zero attached hydrogens (tertiary/aromatic N) is 1. The van der Waals surface area contributed by atoms with Gasteiger partial charge in [0.05, 0.1) is 0 Å².